The predicted molar refractivity (Wildman–Crippen MR) is 76.5 cm³/mol. The van der Waals surface area contributed by atoms with Gasteiger partial charge in [0.2, 0.25) is 0 Å². The predicted octanol–water partition coefficient (Wildman–Crippen LogP) is 3.04. The van der Waals surface area contributed by atoms with E-state index in [4.69, 9.17) is 4.74 Å². The van der Waals surface area contributed by atoms with Crippen molar-refractivity contribution < 1.29 is 9.84 Å². The molecule has 0 aromatic heterocycles. The van der Waals surface area contributed by atoms with E-state index < -0.39 is 0 Å². The molecule has 1 heterocycles. The van der Waals surface area contributed by atoms with E-state index in [2.05, 4.69) is 32.9 Å². The van der Waals surface area contributed by atoms with Gasteiger partial charge in [-0.05, 0) is 55.9 Å². The lowest BCUT2D eigenvalue weighted by Crippen LogP contribution is -2.63. The number of hydrogen-bond donors (Lipinski definition) is 1. The van der Waals surface area contributed by atoms with Crippen LogP contribution in [0.3, 0.4) is 0 Å². The Morgan fingerprint density at radius 2 is 1.79 bits per heavy atom. The fourth-order valence-electron chi connectivity index (χ4n) is 3.92. The Morgan fingerprint density at radius 1 is 1.11 bits per heavy atom. The van der Waals surface area contributed by atoms with Crippen molar-refractivity contribution in [2.24, 2.45) is 5.41 Å². The minimum absolute atomic E-state index is 0.0581. The summed E-state index contributed by atoms with van der Waals surface area (Å²) >= 11 is 0. The lowest BCUT2D eigenvalue weighted by atomic mass is 9.49. The van der Waals surface area contributed by atoms with Crippen LogP contribution in [0.15, 0.2) is 12.1 Å². The van der Waals surface area contributed by atoms with E-state index >= 15 is 0 Å². The highest BCUT2D eigenvalue weighted by molar-refractivity contribution is 5.46. The molecule has 2 nitrogen and oxygen atoms in total. The molecule has 0 amide bonds. The number of rotatable bonds is 3. The first kappa shape index (κ1) is 13.1. The van der Waals surface area contributed by atoms with Gasteiger partial charge < -0.3 is 9.84 Å². The highest BCUT2D eigenvalue weighted by atomic mass is 16.5. The second kappa shape index (κ2) is 4.32. The summed E-state index contributed by atoms with van der Waals surface area (Å²) in [4.78, 5) is 0. The monoisotopic (exact) mass is 260 g/mol. The molecule has 0 bridgehead atoms. The second-order valence-electron chi connectivity index (χ2n) is 6.55. The molecule has 0 spiro atoms. The number of aliphatic hydroxyl groups excluding tert-OH is 1. The number of aryl methyl sites for hydroxylation is 1. The first-order valence-electron chi connectivity index (χ1n) is 7.32. The van der Waals surface area contributed by atoms with Gasteiger partial charge in [-0.1, -0.05) is 18.6 Å². The molecule has 1 N–H and O–H groups in total. The van der Waals surface area contributed by atoms with Gasteiger partial charge in [-0.3, -0.25) is 0 Å². The largest absolute Gasteiger partial charge is 0.396 e. The molecular weight excluding hydrogens is 236 g/mol. The molecule has 1 saturated heterocycles. The highest BCUT2D eigenvalue weighted by Gasteiger charge is 2.59. The lowest BCUT2D eigenvalue weighted by molar-refractivity contribution is -0.173. The van der Waals surface area contributed by atoms with Gasteiger partial charge >= 0.3 is 0 Å². The molecule has 1 aliphatic heterocycles. The molecule has 1 aromatic carbocycles. The van der Waals surface area contributed by atoms with Crippen LogP contribution in [0.5, 0.6) is 0 Å². The quantitative estimate of drug-likeness (QED) is 0.905. The van der Waals surface area contributed by atoms with E-state index in [-0.39, 0.29) is 10.8 Å². The zero-order valence-corrected chi connectivity index (χ0v) is 12.3. The van der Waals surface area contributed by atoms with Crippen LogP contribution >= 0.6 is 0 Å². The average molecular weight is 260 g/mol. The third-order valence-electron chi connectivity index (χ3n) is 5.90. The Morgan fingerprint density at radius 3 is 2.21 bits per heavy atom. The Balaban J connectivity index is 2.11. The van der Waals surface area contributed by atoms with Gasteiger partial charge in [0.25, 0.3) is 0 Å². The summed E-state index contributed by atoms with van der Waals surface area (Å²) in [5, 5.41) is 9.96. The Bertz CT molecular complexity index is 491. The van der Waals surface area contributed by atoms with Crippen molar-refractivity contribution in [2.45, 2.75) is 45.4 Å². The smallest absolute Gasteiger partial charge is 0.0592 e. The second-order valence-corrected chi connectivity index (χ2v) is 6.55. The van der Waals surface area contributed by atoms with Gasteiger partial charge in [0.05, 0.1) is 18.6 Å². The summed E-state index contributed by atoms with van der Waals surface area (Å²) in [6.07, 6.45) is 3.52. The fraction of sp³-hybridized carbons (Fsp3) is 0.647. The Hall–Kier alpha value is -0.860. The molecular formula is C17H24O2. The zero-order chi connectivity index (χ0) is 13.7. The molecule has 1 saturated carbocycles. The van der Waals surface area contributed by atoms with E-state index in [0.29, 0.717) is 6.61 Å². The maximum absolute atomic E-state index is 9.96. The van der Waals surface area contributed by atoms with Gasteiger partial charge in [0.1, 0.15) is 0 Å². The number of benzene rings is 1. The van der Waals surface area contributed by atoms with Crippen molar-refractivity contribution >= 4 is 0 Å². The summed E-state index contributed by atoms with van der Waals surface area (Å²) in [6.45, 7) is 8.44. The number of aliphatic hydroxyl groups is 1. The third kappa shape index (κ3) is 1.56. The topological polar surface area (TPSA) is 29.5 Å². The molecule has 0 atom stereocenters. The summed E-state index contributed by atoms with van der Waals surface area (Å²) in [5.41, 5.74) is 5.67. The average Bonchev–Trinajstić information content (AvgIpc) is 2.30. The van der Waals surface area contributed by atoms with Gasteiger partial charge in [-0.25, -0.2) is 0 Å². The van der Waals surface area contributed by atoms with Crippen LogP contribution in [-0.4, -0.2) is 24.9 Å². The standard InChI is InChI=1S/C17H24O2/c1-12-5-6-15(14(3)13(12)2)17(10-19-11-17)16(9-18)7-4-8-16/h5-6,18H,4,7-11H2,1-3H3. The summed E-state index contributed by atoms with van der Waals surface area (Å²) in [6, 6.07) is 4.50. The molecule has 1 aliphatic carbocycles. The van der Waals surface area contributed by atoms with Crippen LogP contribution in [0.4, 0.5) is 0 Å². The van der Waals surface area contributed by atoms with Crippen LogP contribution in [0, 0.1) is 26.2 Å². The van der Waals surface area contributed by atoms with E-state index in [9.17, 15) is 5.11 Å². The number of hydrogen-bond acceptors (Lipinski definition) is 2. The molecule has 3 rings (SSSR count). The SMILES string of the molecule is Cc1ccc(C2(C3(CO)CCC3)COC2)c(C)c1C. The van der Waals surface area contributed by atoms with Gasteiger partial charge in [0, 0.05) is 12.0 Å². The van der Waals surface area contributed by atoms with Crippen molar-refractivity contribution in [1.29, 1.82) is 0 Å². The molecule has 104 valence electrons. The third-order valence-corrected chi connectivity index (χ3v) is 5.90. The molecule has 0 unspecified atom stereocenters. The van der Waals surface area contributed by atoms with Crippen molar-refractivity contribution in [2.75, 3.05) is 19.8 Å². The maximum atomic E-state index is 9.96. The molecule has 0 radical (unpaired) electrons. The molecule has 2 fully saturated rings. The van der Waals surface area contributed by atoms with Crippen LogP contribution in [0.1, 0.15) is 41.5 Å². The van der Waals surface area contributed by atoms with Crippen molar-refractivity contribution in [3.63, 3.8) is 0 Å². The maximum Gasteiger partial charge on any atom is 0.0592 e. The number of ether oxygens (including phenoxy) is 1. The van der Waals surface area contributed by atoms with E-state index in [0.717, 1.165) is 26.1 Å². The van der Waals surface area contributed by atoms with E-state index in [1.165, 1.54) is 28.7 Å². The van der Waals surface area contributed by atoms with Crippen LogP contribution in [0.2, 0.25) is 0 Å². The molecule has 1 aromatic rings. The Labute approximate surface area is 115 Å². The fourth-order valence-corrected chi connectivity index (χ4v) is 3.92. The summed E-state index contributed by atoms with van der Waals surface area (Å²) in [5.74, 6) is 0. The van der Waals surface area contributed by atoms with Crippen LogP contribution in [0.25, 0.3) is 0 Å². The molecule has 2 heteroatoms. The molecule has 2 aliphatic rings. The lowest BCUT2D eigenvalue weighted by Gasteiger charge is -2.60. The van der Waals surface area contributed by atoms with Crippen LogP contribution < -0.4 is 0 Å². The van der Waals surface area contributed by atoms with E-state index in [1.54, 1.807) is 0 Å². The summed E-state index contributed by atoms with van der Waals surface area (Å²) in [7, 11) is 0. The van der Waals surface area contributed by atoms with Gasteiger partial charge in [-0.15, -0.1) is 0 Å². The summed E-state index contributed by atoms with van der Waals surface area (Å²) < 4.78 is 5.59. The van der Waals surface area contributed by atoms with Crippen molar-refractivity contribution in [3.05, 3.63) is 34.4 Å². The van der Waals surface area contributed by atoms with Crippen molar-refractivity contribution in [3.8, 4) is 0 Å². The first-order valence-corrected chi connectivity index (χ1v) is 7.32. The minimum Gasteiger partial charge on any atom is -0.396 e. The van der Waals surface area contributed by atoms with Crippen molar-refractivity contribution in [1.82, 2.24) is 0 Å². The molecule has 19 heavy (non-hydrogen) atoms. The van der Waals surface area contributed by atoms with E-state index in [1.807, 2.05) is 0 Å². The first-order chi connectivity index (χ1) is 9.06. The highest BCUT2D eigenvalue weighted by Crippen LogP contribution is 2.58. The normalized spacial score (nSPS) is 23.6. The minimum atomic E-state index is 0.0581. The van der Waals surface area contributed by atoms with Crippen LogP contribution in [-0.2, 0) is 10.2 Å². The van der Waals surface area contributed by atoms with Gasteiger partial charge in [-0.2, -0.15) is 0 Å². The zero-order valence-electron chi connectivity index (χ0n) is 12.3. The Kier molecular flexibility index (Phi) is 2.99. The van der Waals surface area contributed by atoms with Gasteiger partial charge in [0.15, 0.2) is 0 Å².